The molecule has 92 valence electrons. The zero-order valence-electron chi connectivity index (χ0n) is 8.95. The van der Waals surface area contributed by atoms with Crippen molar-refractivity contribution in [1.82, 2.24) is 5.43 Å². The topological polar surface area (TPSA) is 38.0 Å². The zero-order chi connectivity index (χ0) is 12.3. The Bertz CT molecular complexity index is 448. The van der Waals surface area contributed by atoms with E-state index in [1.54, 1.807) is 22.7 Å². The normalized spacial score (nSPS) is 12.9. The lowest BCUT2D eigenvalue weighted by Gasteiger charge is -2.13. The van der Waals surface area contributed by atoms with Gasteiger partial charge in [-0.05, 0) is 73.2 Å². The lowest BCUT2D eigenvalue weighted by atomic mass is 10.1. The summed E-state index contributed by atoms with van der Waals surface area (Å²) < 4.78 is 2.21. The third-order valence-electron chi connectivity index (χ3n) is 2.51. The molecule has 2 nitrogen and oxygen atoms in total. The molecule has 6 heteroatoms. The molecule has 0 aliphatic rings. The van der Waals surface area contributed by atoms with Gasteiger partial charge in [0.2, 0.25) is 0 Å². The highest BCUT2D eigenvalue weighted by molar-refractivity contribution is 9.13. The second kappa shape index (κ2) is 6.45. The van der Waals surface area contributed by atoms with Crippen molar-refractivity contribution in [2.24, 2.45) is 5.84 Å². The molecule has 17 heavy (non-hydrogen) atoms. The first-order chi connectivity index (χ1) is 8.20. The Morgan fingerprint density at radius 3 is 2.76 bits per heavy atom. The van der Waals surface area contributed by atoms with Crippen molar-refractivity contribution in [1.29, 1.82) is 0 Å². The molecule has 0 radical (unpaired) electrons. The van der Waals surface area contributed by atoms with Crippen molar-refractivity contribution < 1.29 is 0 Å². The van der Waals surface area contributed by atoms with Crippen molar-refractivity contribution >= 4 is 54.5 Å². The molecule has 2 aromatic rings. The number of halogens is 2. The van der Waals surface area contributed by atoms with Gasteiger partial charge in [0, 0.05) is 9.35 Å². The molecule has 3 N–H and O–H groups in total. The average Bonchev–Trinajstić information content (AvgIpc) is 2.91. The number of nitrogens with two attached hydrogens (primary N) is 1. The van der Waals surface area contributed by atoms with Gasteiger partial charge in [-0.3, -0.25) is 11.3 Å². The maximum absolute atomic E-state index is 5.63. The monoisotopic (exact) mass is 394 g/mol. The molecule has 0 fully saturated rings. The van der Waals surface area contributed by atoms with Gasteiger partial charge >= 0.3 is 0 Å². The third-order valence-corrected chi connectivity index (χ3v) is 6.61. The highest BCUT2D eigenvalue weighted by Crippen LogP contribution is 2.36. The van der Waals surface area contributed by atoms with E-state index in [4.69, 9.17) is 5.84 Å². The summed E-state index contributed by atoms with van der Waals surface area (Å²) >= 11 is 10.5. The minimum atomic E-state index is 0.211. The summed E-state index contributed by atoms with van der Waals surface area (Å²) in [6.07, 6.45) is 2.05. The molecular weight excluding hydrogens is 384 g/mol. The zero-order valence-corrected chi connectivity index (χ0v) is 13.8. The summed E-state index contributed by atoms with van der Waals surface area (Å²) in [4.78, 5) is 1.25. The Hall–Kier alpha value is 0.280. The number of nitrogens with one attached hydrogen (secondary N) is 1. The molecule has 0 saturated heterocycles. The number of hydrogen-bond donors (Lipinski definition) is 2. The van der Waals surface area contributed by atoms with Gasteiger partial charge in [-0.25, -0.2) is 0 Å². The second-order valence-corrected chi connectivity index (χ2v) is 7.70. The van der Waals surface area contributed by atoms with Crippen LogP contribution in [0, 0.1) is 0 Å². The van der Waals surface area contributed by atoms with E-state index in [-0.39, 0.29) is 6.04 Å². The van der Waals surface area contributed by atoms with Crippen LogP contribution in [0.15, 0.2) is 31.2 Å². The van der Waals surface area contributed by atoms with Crippen molar-refractivity contribution in [3.8, 4) is 0 Å². The first kappa shape index (κ1) is 13.7. The quantitative estimate of drug-likeness (QED) is 0.578. The number of hydrogen-bond acceptors (Lipinski definition) is 4. The van der Waals surface area contributed by atoms with E-state index in [9.17, 15) is 0 Å². The highest BCUT2D eigenvalue weighted by atomic mass is 79.9. The third kappa shape index (κ3) is 3.62. The molecule has 0 saturated carbocycles. The molecule has 2 heterocycles. The molecule has 1 unspecified atom stereocenters. The van der Waals surface area contributed by atoms with Crippen LogP contribution in [0.5, 0.6) is 0 Å². The summed E-state index contributed by atoms with van der Waals surface area (Å²) in [7, 11) is 0. The van der Waals surface area contributed by atoms with Gasteiger partial charge in [-0.1, -0.05) is 0 Å². The summed E-state index contributed by atoms with van der Waals surface area (Å²) in [6.45, 7) is 0. The Morgan fingerprint density at radius 1 is 1.41 bits per heavy atom. The van der Waals surface area contributed by atoms with E-state index in [1.807, 2.05) is 0 Å². The van der Waals surface area contributed by atoms with E-state index >= 15 is 0 Å². The van der Waals surface area contributed by atoms with Crippen LogP contribution in [-0.2, 0) is 6.42 Å². The molecular formula is C11H12Br2N2S2. The second-order valence-electron chi connectivity index (χ2n) is 3.66. The molecule has 0 aromatic carbocycles. The van der Waals surface area contributed by atoms with Crippen LogP contribution >= 0.6 is 54.5 Å². The lowest BCUT2D eigenvalue weighted by Crippen LogP contribution is -2.27. The van der Waals surface area contributed by atoms with Crippen LogP contribution < -0.4 is 11.3 Å². The number of thiophene rings is 2. The summed E-state index contributed by atoms with van der Waals surface area (Å²) in [6, 6.07) is 4.49. The minimum Gasteiger partial charge on any atom is -0.271 e. The molecule has 2 aromatic heterocycles. The van der Waals surface area contributed by atoms with Crippen LogP contribution in [0.3, 0.4) is 0 Å². The highest BCUT2D eigenvalue weighted by Gasteiger charge is 2.14. The van der Waals surface area contributed by atoms with Crippen LogP contribution in [-0.4, -0.2) is 0 Å². The lowest BCUT2D eigenvalue weighted by molar-refractivity contribution is 0.524. The van der Waals surface area contributed by atoms with Gasteiger partial charge in [0.05, 0.1) is 9.83 Å². The molecule has 0 aliphatic carbocycles. The first-order valence-corrected chi connectivity index (χ1v) is 8.47. The Morgan fingerprint density at radius 2 is 2.24 bits per heavy atom. The minimum absolute atomic E-state index is 0.211. The van der Waals surface area contributed by atoms with Gasteiger partial charge in [-0.15, -0.1) is 11.3 Å². The van der Waals surface area contributed by atoms with E-state index < -0.39 is 0 Å². The molecule has 0 bridgehead atoms. The van der Waals surface area contributed by atoms with Gasteiger partial charge in [0.25, 0.3) is 0 Å². The largest absolute Gasteiger partial charge is 0.271 e. The van der Waals surface area contributed by atoms with Crippen LogP contribution in [0.1, 0.15) is 22.9 Å². The Balaban J connectivity index is 2.01. The molecule has 0 spiro atoms. The molecule has 0 aliphatic heterocycles. The number of aryl methyl sites for hydroxylation is 1. The SMILES string of the molecule is NNC(CCc1ccsc1)c1cc(Br)c(Br)s1. The average molecular weight is 396 g/mol. The molecule has 1 atom stereocenters. The summed E-state index contributed by atoms with van der Waals surface area (Å²) in [5.41, 5.74) is 4.27. The predicted molar refractivity (Wildman–Crippen MR) is 82.4 cm³/mol. The van der Waals surface area contributed by atoms with Crippen molar-refractivity contribution in [3.05, 3.63) is 41.6 Å². The summed E-state index contributed by atoms with van der Waals surface area (Å²) in [5, 5.41) is 4.30. The van der Waals surface area contributed by atoms with Gasteiger partial charge < -0.3 is 0 Å². The van der Waals surface area contributed by atoms with Crippen LogP contribution in [0.4, 0.5) is 0 Å². The van der Waals surface area contributed by atoms with Crippen LogP contribution in [0.25, 0.3) is 0 Å². The van der Waals surface area contributed by atoms with Gasteiger partial charge in [-0.2, -0.15) is 11.3 Å². The summed E-state index contributed by atoms with van der Waals surface area (Å²) in [5.74, 6) is 5.63. The number of hydrazine groups is 1. The maximum atomic E-state index is 5.63. The number of rotatable bonds is 5. The maximum Gasteiger partial charge on any atom is 0.0843 e. The molecule has 0 amide bonds. The van der Waals surface area contributed by atoms with E-state index in [2.05, 4.69) is 60.2 Å². The fraction of sp³-hybridized carbons (Fsp3) is 0.273. The fourth-order valence-corrected chi connectivity index (χ4v) is 4.48. The van der Waals surface area contributed by atoms with E-state index in [0.717, 1.165) is 21.1 Å². The standard InChI is InChI=1S/C11H12Br2N2S2/c12-8-5-10(17-11(8)13)9(15-14)2-1-7-3-4-16-6-7/h3-6,9,15H,1-2,14H2. The van der Waals surface area contributed by atoms with E-state index in [1.165, 1.54) is 10.4 Å². The van der Waals surface area contributed by atoms with Gasteiger partial charge in [0.15, 0.2) is 0 Å². The smallest absolute Gasteiger partial charge is 0.0843 e. The van der Waals surface area contributed by atoms with Crippen molar-refractivity contribution in [3.63, 3.8) is 0 Å². The fourth-order valence-electron chi connectivity index (χ4n) is 1.59. The van der Waals surface area contributed by atoms with Crippen molar-refractivity contribution in [2.75, 3.05) is 0 Å². The Labute approximate surface area is 125 Å². The molecule has 2 rings (SSSR count). The Kier molecular flexibility index (Phi) is 5.20. The van der Waals surface area contributed by atoms with Crippen LogP contribution in [0.2, 0.25) is 0 Å². The van der Waals surface area contributed by atoms with Gasteiger partial charge in [0.1, 0.15) is 0 Å². The first-order valence-electron chi connectivity index (χ1n) is 5.12. The van der Waals surface area contributed by atoms with Crippen molar-refractivity contribution in [2.45, 2.75) is 18.9 Å². The predicted octanol–water partition coefficient (Wildman–Crippen LogP) is 4.47. The van der Waals surface area contributed by atoms with E-state index in [0.29, 0.717) is 0 Å².